The third-order valence-electron chi connectivity index (χ3n) is 5.62. The van der Waals surface area contributed by atoms with Crippen molar-refractivity contribution in [2.24, 2.45) is 13.0 Å². The Kier molecular flexibility index (Phi) is 6.41. The van der Waals surface area contributed by atoms with Crippen LogP contribution >= 0.6 is 0 Å². The number of nitrogens with one attached hydrogen (secondary N) is 2. The highest BCUT2D eigenvalue weighted by molar-refractivity contribution is 5.93. The number of pyridine rings is 2. The minimum absolute atomic E-state index is 0.195. The lowest BCUT2D eigenvalue weighted by Crippen LogP contribution is -2.42. The number of hydrogen-bond donors (Lipinski definition) is 2. The van der Waals surface area contributed by atoms with Crippen LogP contribution in [0.5, 0.6) is 0 Å². The van der Waals surface area contributed by atoms with Crippen LogP contribution in [0.25, 0.3) is 11.4 Å². The summed E-state index contributed by atoms with van der Waals surface area (Å²) in [6.45, 7) is 3.32. The van der Waals surface area contributed by atoms with Gasteiger partial charge in [0, 0.05) is 43.6 Å². The molecule has 0 saturated heterocycles. The van der Waals surface area contributed by atoms with Gasteiger partial charge in [0.25, 0.3) is 0 Å². The van der Waals surface area contributed by atoms with Gasteiger partial charge in [-0.2, -0.15) is 4.39 Å². The number of amides is 2. The van der Waals surface area contributed by atoms with Crippen LogP contribution in [0.3, 0.4) is 0 Å². The first-order valence-electron chi connectivity index (χ1n) is 10.7. The van der Waals surface area contributed by atoms with Crippen LogP contribution in [0.1, 0.15) is 37.0 Å². The number of ether oxygens (including phenoxy) is 1. The first-order valence-corrected chi connectivity index (χ1v) is 10.7. The Morgan fingerprint density at radius 3 is 2.60 bits per heavy atom. The quantitative estimate of drug-likeness (QED) is 0.502. The van der Waals surface area contributed by atoms with Crippen LogP contribution in [0.15, 0.2) is 30.6 Å². The second-order valence-electron chi connectivity index (χ2n) is 8.33. The van der Waals surface area contributed by atoms with Gasteiger partial charge in [0.05, 0.1) is 17.6 Å². The van der Waals surface area contributed by atoms with Crippen molar-refractivity contribution in [3.05, 3.63) is 47.7 Å². The predicted octanol–water partition coefficient (Wildman–Crippen LogP) is 4.01. The minimum atomic E-state index is -2.79. The lowest BCUT2D eigenvalue weighted by molar-refractivity contribution is -0.145. The molecule has 1 aliphatic rings. The van der Waals surface area contributed by atoms with Crippen molar-refractivity contribution in [1.82, 2.24) is 25.0 Å². The number of anilines is 2. The summed E-state index contributed by atoms with van der Waals surface area (Å²) in [7, 11) is 1.56. The van der Waals surface area contributed by atoms with E-state index in [2.05, 4.69) is 30.9 Å². The van der Waals surface area contributed by atoms with E-state index in [0.29, 0.717) is 22.5 Å². The number of hydrogen-bond acceptors (Lipinski definition) is 7. The maximum absolute atomic E-state index is 13.5. The second-order valence-corrected chi connectivity index (χ2v) is 8.33. The van der Waals surface area contributed by atoms with Gasteiger partial charge in [-0.05, 0) is 31.5 Å². The van der Waals surface area contributed by atoms with Crippen LogP contribution in [-0.2, 0) is 16.6 Å². The van der Waals surface area contributed by atoms with E-state index < -0.39 is 48.7 Å². The van der Waals surface area contributed by atoms with E-state index in [9.17, 15) is 22.8 Å². The van der Waals surface area contributed by atoms with Crippen molar-refractivity contribution in [2.45, 2.75) is 38.7 Å². The van der Waals surface area contributed by atoms with Crippen molar-refractivity contribution >= 4 is 23.5 Å². The van der Waals surface area contributed by atoms with E-state index in [-0.39, 0.29) is 11.5 Å². The molecule has 0 radical (unpaired) electrons. The molecule has 1 fully saturated rings. The van der Waals surface area contributed by atoms with Gasteiger partial charge in [-0.3, -0.25) is 15.1 Å². The molecule has 10 nitrogen and oxygen atoms in total. The molecule has 0 spiro atoms. The van der Waals surface area contributed by atoms with E-state index >= 15 is 0 Å². The Hall–Kier alpha value is -4.03. The second kappa shape index (κ2) is 9.31. The van der Waals surface area contributed by atoms with E-state index in [1.165, 1.54) is 35.3 Å². The van der Waals surface area contributed by atoms with Crippen molar-refractivity contribution in [3.8, 4) is 11.4 Å². The number of aromatic nitrogens is 5. The predicted molar refractivity (Wildman–Crippen MR) is 118 cm³/mol. The fraction of sp³-hybridized carbons (Fsp3) is 0.364. The molecule has 1 saturated carbocycles. The summed E-state index contributed by atoms with van der Waals surface area (Å²) in [5.41, 5.74) is 2.04. The topological polar surface area (TPSA) is 124 Å². The SMILES string of the molecule is Cc1cnc(F)cc1C(C)OC(=O)Nc1c(-c2ccc(NC(=O)C3CC(F)(F)C3)cn2)nnn1C. The van der Waals surface area contributed by atoms with Crippen molar-refractivity contribution in [2.75, 3.05) is 10.6 Å². The molecule has 3 aromatic heterocycles. The highest BCUT2D eigenvalue weighted by atomic mass is 19.3. The molecule has 13 heteroatoms. The third-order valence-corrected chi connectivity index (χ3v) is 5.62. The monoisotopic (exact) mass is 489 g/mol. The molecule has 0 aliphatic heterocycles. The summed E-state index contributed by atoms with van der Waals surface area (Å²) in [6, 6.07) is 4.28. The summed E-state index contributed by atoms with van der Waals surface area (Å²) < 4.78 is 46.1. The van der Waals surface area contributed by atoms with E-state index in [1.807, 2.05) is 0 Å². The van der Waals surface area contributed by atoms with Crippen LogP contribution in [0, 0.1) is 18.8 Å². The lowest BCUT2D eigenvalue weighted by atomic mass is 9.81. The molecule has 35 heavy (non-hydrogen) atoms. The van der Waals surface area contributed by atoms with Crippen molar-refractivity contribution in [1.29, 1.82) is 0 Å². The number of carbonyl (C=O) groups excluding carboxylic acids is 2. The van der Waals surface area contributed by atoms with Crippen molar-refractivity contribution in [3.63, 3.8) is 0 Å². The molecule has 3 heterocycles. The average Bonchev–Trinajstić information content (AvgIpc) is 3.14. The van der Waals surface area contributed by atoms with Gasteiger partial charge < -0.3 is 10.1 Å². The maximum Gasteiger partial charge on any atom is 0.413 e. The van der Waals surface area contributed by atoms with Crippen LogP contribution < -0.4 is 10.6 Å². The van der Waals surface area contributed by atoms with Gasteiger partial charge in [0.2, 0.25) is 17.8 Å². The molecular weight excluding hydrogens is 467 g/mol. The smallest absolute Gasteiger partial charge is 0.413 e. The zero-order chi connectivity index (χ0) is 25.3. The molecular formula is C22H22F3N7O3. The molecule has 2 amide bonds. The highest BCUT2D eigenvalue weighted by Gasteiger charge is 2.48. The summed E-state index contributed by atoms with van der Waals surface area (Å²) >= 11 is 0. The molecule has 1 atom stereocenters. The van der Waals surface area contributed by atoms with E-state index in [4.69, 9.17) is 4.74 Å². The van der Waals surface area contributed by atoms with E-state index in [0.717, 1.165) is 0 Å². The summed E-state index contributed by atoms with van der Waals surface area (Å²) in [6.07, 6.45) is 0.192. The first-order chi connectivity index (χ1) is 16.5. The molecule has 184 valence electrons. The van der Waals surface area contributed by atoms with Gasteiger partial charge in [-0.15, -0.1) is 5.10 Å². The number of aryl methyl sites for hydroxylation is 2. The maximum atomic E-state index is 13.5. The highest BCUT2D eigenvalue weighted by Crippen LogP contribution is 2.42. The third kappa shape index (κ3) is 5.39. The average molecular weight is 489 g/mol. The van der Waals surface area contributed by atoms with Crippen LogP contribution in [0.2, 0.25) is 0 Å². The van der Waals surface area contributed by atoms with Crippen molar-refractivity contribution < 1.29 is 27.5 Å². The Bertz CT molecular complexity index is 1260. The Balaban J connectivity index is 1.42. The van der Waals surface area contributed by atoms with Gasteiger partial charge in [-0.25, -0.2) is 23.2 Å². The van der Waals surface area contributed by atoms with Gasteiger partial charge in [0.15, 0.2) is 11.5 Å². The summed E-state index contributed by atoms with van der Waals surface area (Å²) in [5.74, 6) is -4.50. The minimum Gasteiger partial charge on any atom is -0.441 e. The number of halogens is 3. The number of carbonyl (C=O) groups is 2. The lowest BCUT2D eigenvalue weighted by Gasteiger charge is -2.33. The Labute approximate surface area is 197 Å². The summed E-state index contributed by atoms with van der Waals surface area (Å²) in [5, 5.41) is 13.0. The molecule has 0 aromatic carbocycles. The Morgan fingerprint density at radius 2 is 1.94 bits per heavy atom. The zero-order valence-electron chi connectivity index (χ0n) is 19.1. The zero-order valence-corrected chi connectivity index (χ0v) is 19.1. The van der Waals surface area contributed by atoms with Gasteiger partial charge in [-0.1, -0.05) is 5.21 Å². The number of rotatable bonds is 6. The molecule has 1 aliphatic carbocycles. The molecule has 2 N–H and O–H groups in total. The molecule has 1 unspecified atom stereocenters. The summed E-state index contributed by atoms with van der Waals surface area (Å²) in [4.78, 5) is 32.4. The van der Waals surface area contributed by atoms with Crippen LogP contribution in [0.4, 0.5) is 29.5 Å². The standard InChI is InChI=1S/C22H22F3N7O3/c1-11-9-27-17(23)6-15(11)12(2)35-21(34)29-19-18(30-31-32(19)3)16-5-4-14(10-26-16)28-20(33)13-7-22(24,25)8-13/h4-6,9-10,12-13H,7-8H2,1-3H3,(H,28,33)(H,29,34). The first kappa shape index (κ1) is 24.1. The molecule has 3 aromatic rings. The van der Waals surface area contributed by atoms with Crippen LogP contribution in [-0.4, -0.2) is 42.9 Å². The molecule has 4 rings (SSSR count). The Morgan fingerprint density at radius 1 is 1.20 bits per heavy atom. The fourth-order valence-corrected chi connectivity index (χ4v) is 3.67. The number of alkyl halides is 2. The molecule has 0 bridgehead atoms. The van der Waals surface area contributed by atoms with E-state index in [1.54, 1.807) is 20.9 Å². The normalized spacial score (nSPS) is 15.7. The van der Waals surface area contributed by atoms with Gasteiger partial charge >= 0.3 is 6.09 Å². The fourth-order valence-electron chi connectivity index (χ4n) is 3.67. The largest absolute Gasteiger partial charge is 0.441 e. The number of nitrogens with zero attached hydrogens (tertiary/aromatic N) is 5. The van der Waals surface area contributed by atoms with Gasteiger partial charge in [0.1, 0.15) is 6.10 Å².